The van der Waals surface area contributed by atoms with E-state index < -0.39 is 0 Å². The van der Waals surface area contributed by atoms with Crippen molar-refractivity contribution in [2.24, 2.45) is 0 Å². The maximum atomic E-state index is 6.00. The van der Waals surface area contributed by atoms with Gasteiger partial charge in [-0.25, -0.2) is 9.97 Å². The van der Waals surface area contributed by atoms with Crippen molar-refractivity contribution in [3.8, 4) is 0 Å². The molecule has 0 aromatic carbocycles. The van der Waals surface area contributed by atoms with Gasteiger partial charge < -0.3 is 10.2 Å². The van der Waals surface area contributed by atoms with E-state index in [1.165, 1.54) is 6.33 Å². The number of hydrogen-bond acceptors (Lipinski definition) is 5. The first-order valence-corrected chi connectivity index (χ1v) is 6.66. The van der Waals surface area contributed by atoms with Crippen molar-refractivity contribution in [1.82, 2.24) is 19.8 Å². The number of likely N-dealkylation sites (N-methyl/N-ethyl adjacent to an activating group) is 1. The van der Waals surface area contributed by atoms with Gasteiger partial charge >= 0.3 is 0 Å². The summed E-state index contributed by atoms with van der Waals surface area (Å²) in [5.41, 5.74) is 0. The van der Waals surface area contributed by atoms with Crippen molar-refractivity contribution < 1.29 is 0 Å². The predicted octanol–water partition coefficient (Wildman–Crippen LogP) is 1.18. The van der Waals surface area contributed by atoms with Crippen molar-refractivity contribution in [2.75, 3.05) is 45.1 Å². The van der Waals surface area contributed by atoms with Crippen LogP contribution in [0, 0.1) is 0 Å². The van der Waals surface area contributed by atoms with Gasteiger partial charge in [-0.15, -0.1) is 0 Å². The second-order valence-corrected chi connectivity index (χ2v) is 5.20. The number of nitrogens with zero attached hydrogens (tertiary/aromatic N) is 4. The molecule has 1 aromatic rings. The Balaban J connectivity index is 1.81. The Morgan fingerprint density at radius 1 is 1.39 bits per heavy atom. The van der Waals surface area contributed by atoms with E-state index >= 15 is 0 Å². The molecule has 0 bridgehead atoms. The molecular formula is C12H20ClN5. The average Bonchev–Trinajstić information content (AvgIpc) is 2.38. The van der Waals surface area contributed by atoms with Crippen LogP contribution in [0.4, 0.5) is 5.82 Å². The van der Waals surface area contributed by atoms with Crippen molar-refractivity contribution in [2.45, 2.75) is 13.0 Å². The fraction of sp³-hybridized carbons (Fsp3) is 0.667. The Hall–Kier alpha value is -0.910. The molecule has 0 amide bonds. The highest BCUT2D eigenvalue weighted by Crippen LogP contribution is 2.16. The van der Waals surface area contributed by atoms with Crippen LogP contribution in [0.25, 0.3) is 0 Å². The molecule has 0 radical (unpaired) electrons. The SMILES string of the molecule is CC(CNc1ncncc1Cl)N1CCN(C)CC1. The summed E-state index contributed by atoms with van der Waals surface area (Å²) in [5, 5.41) is 3.86. The fourth-order valence-electron chi connectivity index (χ4n) is 2.08. The molecule has 100 valence electrons. The van der Waals surface area contributed by atoms with E-state index in [-0.39, 0.29) is 0 Å². The third-order valence-electron chi connectivity index (χ3n) is 3.39. The Kier molecular flexibility index (Phi) is 4.74. The van der Waals surface area contributed by atoms with Crippen LogP contribution in [0.5, 0.6) is 0 Å². The smallest absolute Gasteiger partial charge is 0.148 e. The molecule has 1 aromatic heterocycles. The molecule has 0 spiro atoms. The maximum absolute atomic E-state index is 6.00. The average molecular weight is 270 g/mol. The molecule has 6 heteroatoms. The van der Waals surface area contributed by atoms with Crippen LogP contribution in [0.3, 0.4) is 0 Å². The summed E-state index contributed by atoms with van der Waals surface area (Å²) in [6.07, 6.45) is 3.12. The lowest BCUT2D eigenvalue weighted by Crippen LogP contribution is -2.49. The first kappa shape index (κ1) is 13.5. The molecule has 1 fully saturated rings. The highest BCUT2D eigenvalue weighted by molar-refractivity contribution is 6.32. The Bertz CT molecular complexity index is 378. The molecule has 0 saturated carbocycles. The van der Waals surface area contributed by atoms with Gasteiger partial charge in [0, 0.05) is 38.8 Å². The van der Waals surface area contributed by atoms with Crippen LogP contribution >= 0.6 is 11.6 Å². The zero-order chi connectivity index (χ0) is 13.0. The summed E-state index contributed by atoms with van der Waals surface area (Å²) in [6, 6.07) is 0.477. The number of anilines is 1. The fourth-order valence-corrected chi connectivity index (χ4v) is 2.25. The summed E-state index contributed by atoms with van der Waals surface area (Å²) in [7, 11) is 2.17. The van der Waals surface area contributed by atoms with Gasteiger partial charge in [0.25, 0.3) is 0 Å². The molecule has 1 aliphatic rings. The Labute approximate surface area is 113 Å². The second kappa shape index (κ2) is 6.31. The highest BCUT2D eigenvalue weighted by Gasteiger charge is 2.18. The predicted molar refractivity (Wildman–Crippen MR) is 74.1 cm³/mol. The molecule has 0 aliphatic carbocycles. The van der Waals surface area contributed by atoms with Crippen molar-refractivity contribution in [3.05, 3.63) is 17.5 Å². The van der Waals surface area contributed by atoms with Gasteiger partial charge in [0.05, 0.1) is 6.20 Å². The van der Waals surface area contributed by atoms with E-state index in [0.29, 0.717) is 16.9 Å². The summed E-state index contributed by atoms with van der Waals surface area (Å²) < 4.78 is 0. The van der Waals surface area contributed by atoms with Gasteiger partial charge in [0.2, 0.25) is 0 Å². The largest absolute Gasteiger partial charge is 0.367 e. The second-order valence-electron chi connectivity index (χ2n) is 4.79. The third-order valence-corrected chi connectivity index (χ3v) is 3.67. The van der Waals surface area contributed by atoms with Crippen LogP contribution in [0.15, 0.2) is 12.5 Å². The topological polar surface area (TPSA) is 44.3 Å². The molecule has 1 N–H and O–H groups in total. The van der Waals surface area contributed by atoms with E-state index in [9.17, 15) is 0 Å². The van der Waals surface area contributed by atoms with E-state index in [0.717, 1.165) is 32.7 Å². The van der Waals surface area contributed by atoms with Gasteiger partial charge in [0.1, 0.15) is 17.2 Å². The van der Waals surface area contributed by atoms with Gasteiger partial charge in [0.15, 0.2) is 0 Å². The Morgan fingerprint density at radius 2 is 2.11 bits per heavy atom. The van der Waals surface area contributed by atoms with E-state index in [4.69, 9.17) is 11.6 Å². The standard InChI is InChI=1S/C12H20ClN5/c1-10(18-5-3-17(2)4-6-18)7-15-12-11(13)8-14-9-16-12/h8-10H,3-7H2,1-2H3,(H,14,15,16). The normalized spacial score (nSPS) is 19.7. The monoisotopic (exact) mass is 269 g/mol. The lowest BCUT2D eigenvalue weighted by Gasteiger charge is -2.36. The quantitative estimate of drug-likeness (QED) is 0.889. The number of piperazine rings is 1. The van der Waals surface area contributed by atoms with Crippen LogP contribution in [0.1, 0.15) is 6.92 Å². The molecule has 5 nitrogen and oxygen atoms in total. The van der Waals surface area contributed by atoms with Crippen LogP contribution in [-0.4, -0.2) is 65.6 Å². The van der Waals surface area contributed by atoms with Crippen LogP contribution < -0.4 is 5.32 Å². The van der Waals surface area contributed by atoms with Crippen molar-refractivity contribution >= 4 is 17.4 Å². The minimum Gasteiger partial charge on any atom is -0.367 e. The summed E-state index contributed by atoms with van der Waals surface area (Å²) in [5.74, 6) is 0.715. The molecular weight excluding hydrogens is 250 g/mol. The highest BCUT2D eigenvalue weighted by atomic mass is 35.5. The minimum atomic E-state index is 0.477. The maximum Gasteiger partial charge on any atom is 0.148 e. The molecule has 1 saturated heterocycles. The minimum absolute atomic E-state index is 0.477. The summed E-state index contributed by atoms with van der Waals surface area (Å²) >= 11 is 6.00. The number of nitrogens with one attached hydrogen (secondary N) is 1. The van der Waals surface area contributed by atoms with E-state index in [1.54, 1.807) is 6.20 Å². The van der Waals surface area contributed by atoms with Gasteiger partial charge in [-0.05, 0) is 14.0 Å². The van der Waals surface area contributed by atoms with Gasteiger partial charge in [-0.1, -0.05) is 11.6 Å². The molecule has 1 aliphatic heterocycles. The van der Waals surface area contributed by atoms with Crippen molar-refractivity contribution in [1.29, 1.82) is 0 Å². The van der Waals surface area contributed by atoms with Crippen LogP contribution in [0.2, 0.25) is 5.02 Å². The summed E-state index contributed by atoms with van der Waals surface area (Å²) in [4.78, 5) is 12.8. The number of rotatable bonds is 4. The first-order valence-electron chi connectivity index (χ1n) is 6.29. The molecule has 2 heterocycles. The van der Waals surface area contributed by atoms with Crippen LogP contribution in [-0.2, 0) is 0 Å². The lowest BCUT2D eigenvalue weighted by molar-refractivity contribution is 0.123. The third kappa shape index (κ3) is 3.54. The zero-order valence-corrected chi connectivity index (χ0v) is 11.7. The number of hydrogen-bond donors (Lipinski definition) is 1. The van der Waals surface area contributed by atoms with E-state index in [1.807, 2.05) is 0 Å². The van der Waals surface area contributed by atoms with Gasteiger partial charge in [-0.2, -0.15) is 0 Å². The zero-order valence-electron chi connectivity index (χ0n) is 10.9. The van der Waals surface area contributed by atoms with E-state index in [2.05, 4.69) is 39.1 Å². The van der Waals surface area contributed by atoms with Gasteiger partial charge in [-0.3, -0.25) is 4.90 Å². The molecule has 2 rings (SSSR count). The molecule has 1 unspecified atom stereocenters. The molecule has 18 heavy (non-hydrogen) atoms. The lowest BCUT2D eigenvalue weighted by atomic mass is 10.2. The number of halogens is 1. The summed E-state index contributed by atoms with van der Waals surface area (Å²) in [6.45, 7) is 7.60. The van der Waals surface area contributed by atoms with Crippen molar-refractivity contribution in [3.63, 3.8) is 0 Å². The number of aromatic nitrogens is 2. The first-order chi connectivity index (χ1) is 8.66. The molecule has 1 atom stereocenters. The Morgan fingerprint density at radius 3 is 2.78 bits per heavy atom.